The number of hydrogen-bond acceptors (Lipinski definition) is 5. The van der Waals surface area contributed by atoms with Crippen LogP contribution < -0.4 is 5.32 Å². The number of aromatic amines is 1. The molecule has 1 aliphatic carbocycles. The number of furan rings is 1. The Morgan fingerprint density at radius 3 is 2.82 bits per heavy atom. The molecule has 1 aliphatic rings. The summed E-state index contributed by atoms with van der Waals surface area (Å²) in [4.78, 5) is 24.4. The molecule has 1 fully saturated rings. The van der Waals surface area contributed by atoms with Gasteiger partial charge in [0.15, 0.2) is 11.5 Å². The number of rotatable bonds is 4. The maximum atomic E-state index is 12.4. The van der Waals surface area contributed by atoms with Crippen molar-refractivity contribution < 1.29 is 18.7 Å². The van der Waals surface area contributed by atoms with Crippen LogP contribution in [0.25, 0.3) is 11.5 Å². The molecular formula is C15H17N3O4. The third-order valence-corrected chi connectivity index (χ3v) is 3.98. The van der Waals surface area contributed by atoms with Crippen molar-refractivity contribution in [1.29, 1.82) is 0 Å². The topological polar surface area (TPSA) is 97.2 Å². The number of H-pyrrole nitrogens is 1. The summed E-state index contributed by atoms with van der Waals surface area (Å²) in [7, 11) is 1.33. The molecule has 1 amide bonds. The third kappa shape index (κ3) is 2.49. The first-order valence-corrected chi connectivity index (χ1v) is 7.15. The van der Waals surface area contributed by atoms with E-state index in [4.69, 9.17) is 9.15 Å². The standard InChI is InChI=1S/C15H17N3O4/c1-21-14(20)15(6-2-3-7-15)16-13(19)11-9-10(17-18-11)12-5-4-8-22-12/h4-5,8-9H,2-3,6-7H2,1H3,(H,16,19)(H,17,18). The second-order valence-corrected chi connectivity index (χ2v) is 5.38. The van der Waals surface area contributed by atoms with Crippen LogP contribution in [0.2, 0.25) is 0 Å². The Kier molecular flexibility index (Phi) is 3.70. The number of carbonyl (C=O) groups is 2. The van der Waals surface area contributed by atoms with E-state index < -0.39 is 17.4 Å². The van der Waals surface area contributed by atoms with E-state index in [9.17, 15) is 9.59 Å². The summed E-state index contributed by atoms with van der Waals surface area (Å²) in [6, 6.07) is 5.11. The Bertz CT molecular complexity index is 669. The number of hydrogen-bond donors (Lipinski definition) is 2. The molecule has 0 aromatic carbocycles. The van der Waals surface area contributed by atoms with Gasteiger partial charge in [-0.05, 0) is 25.0 Å². The van der Waals surface area contributed by atoms with Gasteiger partial charge in [0, 0.05) is 6.07 Å². The Hall–Kier alpha value is -2.57. The van der Waals surface area contributed by atoms with Crippen molar-refractivity contribution in [3.63, 3.8) is 0 Å². The molecule has 22 heavy (non-hydrogen) atoms. The smallest absolute Gasteiger partial charge is 0.331 e. The predicted molar refractivity (Wildman–Crippen MR) is 77.0 cm³/mol. The Balaban J connectivity index is 1.78. The van der Waals surface area contributed by atoms with Crippen LogP contribution in [-0.4, -0.2) is 34.7 Å². The van der Waals surface area contributed by atoms with Crippen molar-refractivity contribution in [3.05, 3.63) is 30.2 Å². The van der Waals surface area contributed by atoms with Gasteiger partial charge in [0.2, 0.25) is 0 Å². The molecular weight excluding hydrogens is 286 g/mol. The minimum atomic E-state index is -0.935. The minimum absolute atomic E-state index is 0.210. The molecule has 2 aromatic rings. The van der Waals surface area contributed by atoms with E-state index in [-0.39, 0.29) is 5.69 Å². The fourth-order valence-electron chi connectivity index (χ4n) is 2.83. The molecule has 2 aromatic heterocycles. The second kappa shape index (κ2) is 5.67. The van der Waals surface area contributed by atoms with Crippen molar-refractivity contribution >= 4 is 11.9 Å². The van der Waals surface area contributed by atoms with E-state index in [1.165, 1.54) is 7.11 Å². The molecule has 7 nitrogen and oxygen atoms in total. The summed E-state index contributed by atoms with van der Waals surface area (Å²) in [6.45, 7) is 0. The molecule has 0 saturated heterocycles. The van der Waals surface area contributed by atoms with Crippen molar-refractivity contribution in [2.75, 3.05) is 7.11 Å². The fraction of sp³-hybridized carbons (Fsp3) is 0.400. The Morgan fingerprint density at radius 1 is 1.41 bits per heavy atom. The molecule has 3 rings (SSSR count). The SMILES string of the molecule is COC(=O)C1(NC(=O)c2cc(-c3ccco3)[nH]n2)CCCC1. The number of methoxy groups -OCH3 is 1. The molecule has 0 spiro atoms. The van der Waals surface area contributed by atoms with Gasteiger partial charge in [-0.25, -0.2) is 4.79 Å². The molecule has 2 N–H and O–H groups in total. The highest BCUT2D eigenvalue weighted by Crippen LogP contribution is 2.31. The van der Waals surface area contributed by atoms with Crippen molar-refractivity contribution in [2.24, 2.45) is 0 Å². The summed E-state index contributed by atoms with van der Waals surface area (Å²) in [6.07, 6.45) is 4.48. The number of nitrogens with one attached hydrogen (secondary N) is 2. The average Bonchev–Trinajstić information content (AvgIpc) is 3.25. The van der Waals surface area contributed by atoms with Gasteiger partial charge in [-0.2, -0.15) is 5.10 Å². The Morgan fingerprint density at radius 2 is 2.18 bits per heavy atom. The van der Waals surface area contributed by atoms with Gasteiger partial charge in [0.25, 0.3) is 5.91 Å². The molecule has 7 heteroatoms. The minimum Gasteiger partial charge on any atom is -0.467 e. The molecule has 1 saturated carbocycles. The zero-order chi connectivity index (χ0) is 15.6. The average molecular weight is 303 g/mol. The number of carbonyl (C=O) groups excluding carboxylic acids is 2. The summed E-state index contributed by atoms with van der Waals surface area (Å²) >= 11 is 0. The van der Waals surface area contributed by atoms with Crippen molar-refractivity contribution in [3.8, 4) is 11.5 Å². The van der Waals surface area contributed by atoms with Gasteiger partial charge in [0.1, 0.15) is 11.2 Å². The van der Waals surface area contributed by atoms with Crippen molar-refractivity contribution in [2.45, 2.75) is 31.2 Å². The zero-order valence-corrected chi connectivity index (χ0v) is 12.2. The van der Waals surface area contributed by atoms with Crippen LogP contribution in [0, 0.1) is 0 Å². The number of ether oxygens (including phenoxy) is 1. The molecule has 0 bridgehead atoms. The van der Waals surface area contributed by atoms with Gasteiger partial charge in [-0.1, -0.05) is 12.8 Å². The number of aromatic nitrogens is 2. The van der Waals surface area contributed by atoms with Crippen LogP contribution >= 0.6 is 0 Å². The fourth-order valence-corrected chi connectivity index (χ4v) is 2.83. The van der Waals surface area contributed by atoms with Gasteiger partial charge in [0.05, 0.1) is 13.4 Å². The van der Waals surface area contributed by atoms with Gasteiger partial charge < -0.3 is 14.5 Å². The lowest BCUT2D eigenvalue weighted by Gasteiger charge is -2.26. The van der Waals surface area contributed by atoms with Gasteiger partial charge >= 0.3 is 5.97 Å². The van der Waals surface area contributed by atoms with Crippen molar-refractivity contribution in [1.82, 2.24) is 15.5 Å². The van der Waals surface area contributed by atoms with E-state index in [1.54, 1.807) is 24.5 Å². The normalized spacial score (nSPS) is 16.4. The van der Waals surface area contributed by atoms with E-state index in [1.807, 2.05) is 0 Å². The highest BCUT2D eigenvalue weighted by atomic mass is 16.5. The summed E-state index contributed by atoms with van der Waals surface area (Å²) in [5.41, 5.74) is -0.120. The summed E-state index contributed by atoms with van der Waals surface area (Å²) in [5.74, 6) is -0.211. The second-order valence-electron chi connectivity index (χ2n) is 5.38. The van der Waals surface area contributed by atoms with E-state index in [2.05, 4.69) is 15.5 Å². The van der Waals surface area contributed by atoms with Crippen LogP contribution in [-0.2, 0) is 9.53 Å². The largest absolute Gasteiger partial charge is 0.467 e. The molecule has 0 radical (unpaired) electrons. The van der Waals surface area contributed by atoms with E-state index in [0.29, 0.717) is 24.3 Å². The maximum Gasteiger partial charge on any atom is 0.331 e. The van der Waals surface area contributed by atoms with E-state index >= 15 is 0 Å². The summed E-state index contributed by atoms with van der Waals surface area (Å²) in [5, 5.41) is 9.52. The van der Waals surface area contributed by atoms with Crippen LogP contribution in [0.1, 0.15) is 36.2 Å². The lowest BCUT2D eigenvalue weighted by atomic mass is 9.97. The first kappa shape index (κ1) is 14.4. The predicted octanol–water partition coefficient (Wildman–Crippen LogP) is 1.89. The maximum absolute atomic E-state index is 12.4. The van der Waals surface area contributed by atoms with Crippen LogP contribution in [0.15, 0.2) is 28.9 Å². The van der Waals surface area contributed by atoms with Gasteiger partial charge in [-0.15, -0.1) is 0 Å². The first-order valence-electron chi connectivity index (χ1n) is 7.15. The first-order chi connectivity index (χ1) is 10.6. The Labute approximate surface area is 127 Å². The van der Waals surface area contributed by atoms with Crippen LogP contribution in [0.5, 0.6) is 0 Å². The zero-order valence-electron chi connectivity index (χ0n) is 12.2. The molecule has 116 valence electrons. The van der Waals surface area contributed by atoms with Gasteiger partial charge in [-0.3, -0.25) is 9.89 Å². The third-order valence-electron chi connectivity index (χ3n) is 3.98. The molecule has 2 heterocycles. The number of esters is 1. The van der Waals surface area contributed by atoms with Crippen LogP contribution in [0.3, 0.4) is 0 Å². The quantitative estimate of drug-likeness (QED) is 0.841. The lowest BCUT2D eigenvalue weighted by Crippen LogP contribution is -2.53. The molecule has 0 atom stereocenters. The number of amides is 1. The number of nitrogens with zero attached hydrogens (tertiary/aromatic N) is 1. The monoisotopic (exact) mass is 303 g/mol. The van der Waals surface area contributed by atoms with Crippen LogP contribution in [0.4, 0.5) is 0 Å². The lowest BCUT2D eigenvalue weighted by molar-refractivity contribution is -0.148. The molecule has 0 unspecified atom stereocenters. The molecule has 0 aliphatic heterocycles. The highest BCUT2D eigenvalue weighted by Gasteiger charge is 2.44. The summed E-state index contributed by atoms with van der Waals surface area (Å²) < 4.78 is 10.1. The highest BCUT2D eigenvalue weighted by molar-refractivity contribution is 5.97. The van der Waals surface area contributed by atoms with E-state index in [0.717, 1.165) is 12.8 Å².